The van der Waals surface area contributed by atoms with E-state index >= 15 is 0 Å². The molecule has 1 fully saturated rings. The largest absolute Gasteiger partial charge is 0.462 e. The number of hydrogen-bond acceptors (Lipinski definition) is 5. The van der Waals surface area contributed by atoms with E-state index in [9.17, 15) is 9.59 Å². The maximum absolute atomic E-state index is 12.9. The molecule has 0 aliphatic carbocycles. The summed E-state index contributed by atoms with van der Waals surface area (Å²) in [6.07, 6.45) is 3.60. The number of rotatable bonds is 7. The lowest BCUT2D eigenvalue weighted by molar-refractivity contribution is 0.0524. The highest BCUT2D eigenvalue weighted by Crippen LogP contribution is 2.16. The van der Waals surface area contributed by atoms with Crippen LogP contribution in [0.3, 0.4) is 0 Å². The lowest BCUT2D eigenvalue weighted by atomic mass is 10.0. The number of ether oxygens (including phenoxy) is 1. The van der Waals surface area contributed by atoms with E-state index < -0.39 is 5.97 Å². The van der Waals surface area contributed by atoms with Gasteiger partial charge in [-0.2, -0.15) is 0 Å². The molecule has 27 heavy (non-hydrogen) atoms. The summed E-state index contributed by atoms with van der Waals surface area (Å²) in [7, 11) is 0. The Labute approximate surface area is 160 Å². The van der Waals surface area contributed by atoms with Crippen LogP contribution in [0.5, 0.6) is 0 Å². The van der Waals surface area contributed by atoms with Crippen LogP contribution in [-0.2, 0) is 17.7 Å². The van der Waals surface area contributed by atoms with Crippen LogP contribution >= 0.6 is 0 Å². The van der Waals surface area contributed by atoms with Crippen molar-refractivity contribution < 1.29 is 9.53 Å². The number of piperazine rings is 1. The number of hydrogen-bond donors (Lipinski definition) is 1. The Balaban J connectivity index is 1.82. The van der Waals surface area contributed by atoms with Crippen LogP contribution in [-0.4, -0.2) is 54.8 Å². The van der Waals surface area contributed by atoms with E-state index in [1.807, 2.05) is 23.6 Å². The van der Waals surface area contributed by atoms with Gasteiger partial charge in [0.1, 0.15) is 5.56 Å². The van der Waals surface area contributed by atoms with E-state index in [1.165, 1.54) is 0 Å². The molecule has 0 atom stereocenters. The highest BCUT2D eigenvalue weighted by Gasteiger charge is 2.16. The molecule has 1 N–H and O–H groups in total. The fourth-order valence-electron chi connectivity index (χ4n) is 3.66. The maximum Gasteiger partial charge on any atom is 0.343 e. The Hall–Kier alpha value is -2.18. The van der Waals surface area contributed by atoms with E-state index in [4.69, 9.17) is 4.74 Å². The first-order valence-electron chi connectivity index (χ1n) is 9.90. The molecule has 1 aliphatic heterocycles. The van der Waals surface area contributed by atoms with Gasteiger partial charge in [-0.15, -0.1) is 0 Å². The third-order valence-corrected chi connectivity index (χ3v) is 5.13. The number of carbonyl (C=O) groups is 1. The Morgan fingerprint density at radius 1 is 1.22 bits per heavy atom. The number of pyridine rings is 1. The summed E-state index contributed by atoms with van der Waals surface area (Å²) >= 11 is 0. The topological polar surface area (TPSA) is 63.6 Å². The van der Waals surface area contributed by atoms with Crippen LogP contribution in [0.15, 0.2) is 29.2 Å². The molecule has 0 unspecified atom stereocenters. The minimum Gasteiger partial charge on any atom is -0.462 e. The summed E-state index contributed by atoms with van der Waals surface area (Å²) in [5, 5.41) is 3.97. The van der Waals surface area contributed by atoms with Gasteiger partial charge in [0.2, 0.25) is 5.43 Å². The van der Waals surface area contributed by atoms with Gasteiger partial charge in [-0.25, -0.2) is 4.79 Å². The molecule has 6 nitrogen and oxygen atoms in total. The van der Waals surface area contributed by atoms with E-state index in [1.54, 1.807) is 13.1 Å². The van der Waals surface area contributed by atoms with Gasteiger partial charge in [-0.3, -0.25) is 4.79 Å². The number of nitrogens with zero attached hydrogens (tertiary/aromatic N) is 2. The molecule has 2 aromatic rings. The normalized spacial score (nSPS) is 15.2. The predicted molar refractivity (Wildman–Crippen MR) is 107 cm³/mol. The standard InChI is InChI=1S/C21H29N3O3/c1-3-24-15-18(21(26)27-4-2)20(25)17-14-16(7-8-19(17)24)6-5-11-23-12-9-22-10-13-23/h7-8,14-15,22H,3-6,9-13H2,1-2H3. The number of nitrogens with one attached hydrogen (secondary N) is 1. The van der Waals surface area contributed by atoms with Gasteiger partial charge >= 0.3 is 5.97 Å². The smallest absolute Gasteiger partial charge is 0.343 e. The number of fused-ring (bicyclic) bond motifs is 1. The predicted octanol–water partition coefficient (Wildman–Crippen LogP) is 2.04. The van der Waals surface area contributed by atoms with Gasteiger partial charge in [0.15, 0.2) is 0 Å². The van der Waals surface area contributed by atoms with Gasteiger partial charge < -0.3 is 19.5 Å². The monoisotopic (exact) mass is 371 g/mol. The molecule has 0 bridgehead atoms. The molecule has 6 heteroatoms. The lowest BCUT2D eigenvalue weighted by Gasteiger charge is -2.27. The third kappa shape index (κ3) is 4.57. The molecule has 146 valence electrons. The second-order valence-corrected chi connectivity index (χ2v) is 6.93. The first kappa shape index (κ1) is 19.6. The van der Waals surface area contributed by atoms with E-state index in [-0.39, 0.29) is 17.6 Å². The minimum atomic E-state index is -0.546. The van der Waals surface area contributed by atoms with E-state index in [2.05, 4.69) is 16.3 Å². The fourth-order valence-corrected chi connectivity index (χ4v) is 3.66. The SMILES string of the molecule is CCOC(=O)c1cn(CC)c2ccc(CCCN3CCNCC3)cc2c1=O. The summed E-state index contributed by atoms with van der Waals surface area (Å²) < 4.78 is 6.99. The van der Waals surface area contributed by atoms with Gasteiger partial charge in [0, 0.05) is 44.3 Å². The Morgan fingerprint density at radius 2 is 2.00 bits per heavy atom. The molecular formula is C21H29N3O3. The van der Waals surface area contributed by atoms with Crippen LogP contribution in [0.2, 0.25) is 0 Å². The van der Waals surface area contributed by atoms with Crippen molar-refractivity contribution in [2.75, 3.05) is 39.3 Å². The zero-order valence-corrected chi connectivity index (χ0v) is 16.3. The van der Waals surface area contributed by atoms with Crippen LogP contribution < -0.4 is 10.7 Å². The molecule has 1 saturated heterocycles. The second kappa shape index (κ2) is 9.15. The molecule has 3 rings (SSSR count). The summed E-state index contributed by atoms with van der Waals surface area (Å²) in [6, 6.07) is 6.04. The average Bonchev–Trinajstić information content (AvgIpc) is 2.69. The van der Waals surface area contributed by atoms with Crippen molar-refractivity contribution >= 4 is 16.9 Å². The fraction of sp³-hybridized carbons (Fsp3) is 0.524. The number of benzene rings is 1. The molecular weight excluding hydrogens is 342 g/mol. The zero-order valence-electron chi connectivity index (χ0n) is 16.3. The molecule has 1 aromatic heterocycles. The van der Waals surface area contributed by atoms with Crippen LogP contribution in [0.1, 0.15) is 36.2 Å². The Bertz CT molecular complexity index is 854. The van der Waals surface area contributed by atoms with Crippen molar-refractivity contribution in [3.63, 3.8) is 0 Å². The first-order chi connectivity index (χ1) is 13.1. The van der Waals surface area contributed by atoms with Crippen molar-refractivity contribution in [2.24, 2.45) is 0 Å². The van der Waals surface area contributed by atoms with Crippen molar-refractivity contribution in [1.82, 2.24) is 14.8 Å². The molecule has 0 amide bonds. The molecule has 1 aliphatic rings. The van der Waals surface area contributed by atoms with Gasteiger partial charge in [0.05, 0.1) is 12.1 Å². The van der Waals surface area contributed by atoms with Crippen LogP contribution in [0.25, 0.3) is 10.9 Å². The molecule has 1 aromatic carbocycles. The molecule has 0 saturated carbocycles. The highest BCUT2D eigenvalue weighted by atomic mass is 16.5. The molecule has 2 heterocycles. The maximum atomic E-state index is 12.9. The van der Waals surface area contributed by atoms with E-state index in [0.717, 1.165) is 56.6 Å². The van der Waals surface area contributed by atoms with E-state index in [0.29, 0.717) is 11.9 Å². The van der Waals surface area contributed by atoms with Gasteiger partial charge in [0.25, 0.3) is 0 Å². The minimum absolute atomic E-state index is 0.115. The van der Waals surface area contributed by atoms with Crippen LogP contribution in [0, 0.1) is 0 Å². The quantitative estimate of drug-likeness (QED) is 0.755. The van der Waals surface area contributed by atoms with Crippen molar-refractivity contribution in [2.45, 2.75) is 33.2 Å². The Kier molecular flexibility index (Phi) is 6.63. The van der Waals surface area contributed by atoms with Crippen molar-refractivity contribution in [1.29, 1.82) is 0 Å². The third-order valence-electron chi connectivity index (χ3n) is 5.13. The average molecular weight is 371 g/mol. The second-order valence-electron chi connectivity index (χ2n) is 6.93. The summed E-state index contributed by atoms with van der Waals surface area (Å²) in [4.78, 5) is 27.5. The number of aryl methyl sites for hydroxylation is 2. The highest BCUT2D eigenvalue weighted by molar-refractivity contribution is 5.93. The zero-order chi connectivity index (χ0) is 19.2. The number of carbonyl (C=O) groups excluding carboxylic acids is 1. The number of esters is 1. The summed E-state index contributed by atoms with van der Waals surface area (Å²) in [5.41, 5.74) is 1.88. The summed E-state index contributed by atoms with van der Waals surface area (Å²) in [5.74, 6) is -0.546. The lowest BCUT2D eigenvalue weighted by Crippen LogP contribution is -2.43. The van der Waals surface area contributed by atoms with Crippen LogP contribution in [0.4, 0.5) is 0 Å². The summed E-state index contributed by atoms with van der Waals surface area (Å²) in [6.45, 7) is 10.1. The van der Waals surface area contributed by atoms with Crippen molar-refractivity contribution in [3.05, 3.63) is 45.7 Å². The molecule has 0 spiro atoms. The first-order valence-corrected chi connectivity index (χ1v) is 9.90. The van der Waals surface area contributed by atoms with Gasteiger partial charge in [-0.05, 0) is 50.9 Å². The van der Waals surface area contributed by atoms with Gasteiger partial charge in [-0.1, -0.05) is 6.07 Å². The number of aromatic nitrogens is 1. The Morgan fingerprint density at radius 3 is 2.70 bits per heavy atom. The van der Waals surface area contributed by atoms with Crippen molar-refractivity contribution in [3.8, 4) is 0 Å². The molecule has 0 radical (unpaired) electrons.